The zero-order valence-electron chi connectivity index (χ0n) is 17.3. The first-order valence-corrected chi connectivity index (χ1v) is 10.8. The average Bonchev–Trinajstić information content (AvgIpc) is 2.79. The van der Waals surface area contributed by atoms with E-state index in [1.165, 1.54) is 30.5 Å². The van der Waals surface area contributed by atoms with Crippen molar-refractivity contribution in [2.45, 2.75) is 32.8 Å². The largest absolute Gasteiger partial charge is 0.487 e. The number of hydrogen-bond donors (Lipinski definition) is 0. The van der Waals surface area contributed by atoms with Gasteiger partial charge in [-0.1, -0.05) is 30.3 Å². The summed E-state index contributed by atoms with van der Waals surface area (Å²) in [4.78, 5) is 18.5. The first-order valence-electron chi connectivity index (χ1n) is 10.8. The molecule has 2 aromatic carbocycles. The van der Waals surface area contributed by atoms with Crippen molar-refractivity contribution >= 4 is 17.3 Å². The Kier molecular flexibility index (Phi) is 6.23. The second kappa shape index (κ2) is 9.21. The first-order chi connectivity index (χ1) is 14.2. The second-order valence-electron chi connectivity index (χ2n) is 7.97. The molecule has 2 saturated heterocycles. The van der Waals surface area contributed by atoms with Crippen molar-refractivity contribution in [1.82, 2.24) is 4.90 Å². The number of hydrogen-bond acceptors (Lipinski definition) is 4. The summed E-state index contributed by atoms with van der Waals surface area (Å²) in [5, 5.41) is 0. The van der Waals surface area contributed by atoms with Crippen LogP contribution in [0.4, 0.5) is 11.4 Å². The topological polar surface area (TPSA) is 36.0 Å². The van der Waals surface area contributed by atoms with Crippen LogP contribution >= 0.6 is 0 Å². The Bertz CT molecular complexity index is 810. The molecule has 0 atom stereocenters. The van der Waals surface area contributed by atoms with Crippen LogP contribution in [-0.2, 0) is 11.4 Å². The lowest BCUT2D eigenvalue weighted by Crippen LogP contribution is -2.48. The minimum atomic E-state index is 0.160. The summed E-state index contributed by atoms with van der Waals surface area (Å²) < 4.78 is 6.25. The fourth-order valence-electron chi connectivity index (χ4n) is 4.22. The molecule has 0 aliphatic carbocycles. The predicted octanol–water partition coefficient (Wildman–Crippen LogP) is 3.92. The Hall–Kier alpha value is -2.69. The van der Waals surface area contributed by atoms with Crippen molar-refractivity contribution in [1.29, 1.82) is 0 Å². The van der Waals surface area contributed by atoms with Crippen molar-refractivity contribution in [2.75, 3.05) is 49.1 Å². The fraction of sp³-hybridized carbons (Fsp3) is 0.458. The van der Waals surface area contributed by atoms with Crippen LogP contribution in [0.3, 0.4) is 0 Å². The smallest absolute Gasteiger partial charge is 0.219 e. The molecule has 5 heteroatoms. The number of rotatable bonds is 5. The Morgan fingerprint density at radius 2 is 1.59 bits per heavy atom. The van der Waals surface area contributed by atoms with Crippen LogP contribution in [0.1, 0.15) is 31.7 Å². The molecule has 1 amide bonds. The highest BCUT2D eigenvalue weighted by molar-refractivity contribution is 5.74. The summed E-state index contributed by atoms with van der Waals surface area (Å²) in [7, 11) is 0. The Morgan fingerprint density at radius 1 is 0.862 bits per heavy atom. The molecule has 2 aliphatic rings. The van der Waals surface area contributed by atoms with Gasteiger partial charge < -0.3 is 19.4 Å². The van der Waals surface area contributed by atoms with Crippen LogP contribution in [0.2, 0.25) is 0 Å². The summed E-state index contributed by atoms with van der Waals surface area (Å²) >= 11 is 0. The molecular formula is C24H31N3O2. The van der Waals surface area contributed by atoms with E-state index in [0.29, 0.717) is 6.61 Å². The van der Waals surface area contributed by atoms with E-state index in [9.17, 15) is 4.79 Å². The van der Waals surface area contributed by atoms with Gasteiger partial charge in [0, 0.05) is 51.9 Å². The van der Waals surface area contributed by atoms with Gasteiger partial charge in [-0.25, -0.2) is 0 Å². The average molecular weight is 394 g/mol. The van der Waals surface area contributed by atoms with E-state index >= 15 is 0 Å². The van der Waals surface area contributed by atoms with E-state index in [1.807, 2.05) is 23.1 Å². The molecule has 0 unspecified atom stereocenters. The van der Waals surface area contributed by atoms with Crippen LogP contribution in [-0.4, -0.2) is 50.1 Å². The molecule has 2 aromatic rings. The minimum Gasteiger partial charge on any atom is -0.487 e. The number of benzene rings is 2. The molecule has 0 spiro atoms. The first kappa shape index (κ1) is 19.6. The SMILES string of the molecule is CC(=O)N1CCN(c2cc(N3CCCCC3)ccc2OCc2ccccc2)CC1. The van der Waals surface area contributed by atoms with Crippen LogP contribution < -0.4 is 14.5 Å². The van der Waals surface area contributed by atoms with Crippen LogP contribution in [0.25, 0.3) is 0 Å². The molecule has 2 heterocycles. The number of ether oxygens (including phenoxy) is 1. The van der Waals surface area contributed by atoms with Gasteiger partial charge in [0.2, 0.25) is 5.91 Å². The Labute approximate surface area is 173 Å². The summed E-state index contributed by atoms with van der Waals surface area (Å²) in [6.07, 6.45) is 3.85. The molecule has 0 bridgehead atoms. The van der Waals surface area contributed by atoms with Crippen LogP contribution in [0.5, 0.6) is 5.75 Å². The van der Waals surface area contributed by atoms with Gasteiger partial charge in [0.25, 0.3) is 0 Å². The number of piperidine rings is 1. The van der Waals surface area contributed by atoms with E-state index in [4.69, 9.17) is 4.74 Å². The summed E-state index contributed by atoms with van der Waals surface area (Å²) in [5.74, 6) is 1.08. The maximum Gasteiger partial charge on any atom is 0.219 e. The molecule has 2 aliphatic heterocycles. The molecule has 0 aromatic heterocycles. The number of carbonyl (C=O) groups is 1. The zero-order chi connectivity index (χ0) is 20.1. The Morgan fingerprint density at radius 3 is 2.28 bits per heavy atom. The van der Waals surface area contributed by atoms with Crippen molar-refractivity contribution in [3.05, 3.63) is 54.1 Å². The summed E-state index contributed by atoms with van der Waals surface area (Å²) in [6, 6.07) is 16.9. The van der Waals surface area contributed by atoms with Gasteiger partial charge in [-0.3, -0.25) is 4.79 Å². The van der Waals surface area contributed by atoms with Crippen LogP contribution in [0, 0.1) is 0 Å². The number of nitrogens with zero attached hydrogens (tertiary/aromatic N) is 3. The third-order valence-electron chi connectivity index (χ3n) is 5.97. The monoisotopic (exact) mass is 393 g/mol. The third kappa shape index (κ3) is 4.84. The third-order valence-corrected chi connectivity index (χ3v) is 5.97. The van der Waals surface area contributed by atoms with Gasteiger partial charge in [-0.2, -0.15) is 0 Å². The second-order valence-corrected chi connectivity index (χ2v) is 7.97. The normalized spacial score (nSPS) is 17.3. The molecule has 29 heavy (non-hydrogen) atoms. The van der Waals surface area contributed by atoms with E-state index in [1.54, 1.807) is 6.92 Å². The number of piperazine rings is 1. The standard InChI is InChI=1S/C24H31N3O2/c1-20(28)25-14-16-27(17-15-25)23-18-22(26-12-6-3-7-13-26)10-11-24(23)29-19-21-8-4-2-5-9-21/h2,4-5,8-11,18H,3,6-7,12-17,19H2,1H3. The maximum atomic E-state index is 11.7. The van der Waals surface area contributed by atoms with Crippen molar-refractivity contribution in [3.63, 3.8) is 0 Å². The highest BCUT2D eigenvalue weighted by Crippen LogP contribution is 2.35. The summed E-state index contributed by atoms with van der Waals surface area (Å²) in [5.41, 5.74) is 3.59. The van der Waals surface area contributed by atoms with E-state index in [-0.39, 0.29) is 5.91 Å². The van der Waals surface area contributed by atoms with E-state index < -0.39 is 0 Å². The van der Waals surface area contributed by atoms with Crippen LogP contribution in [0.15, 0.2) is 48.5 Å². The molecule has 4 rings (SSSR count). The van der Waals surface area contributed by atoms with Gasteiger partial charge in [-0.05, 0) is 43.0 Å². The maximum absolute atomic E-state index is 11.7. The number of carbonyl (C=O) groups excluding carboxylic acids is 1. The predicted molar refractivity (Wildman–Crippen MR) is 118 cm³/mol. The van der Waals surface area contributed by atoms with Gasteiger partial charge in [0.05, 0.1) is 5.69 Å². The van der Waals surface area contributed by atoms with Crippen molar-refractivity contribution in [2.24, 2.45) is 0 Å². The van der Waals surface area contributed by atoms with Crippen molar-refractivity contribution < 1.29 is 9.53 Å². The summed E-state index contributed by atoms with van der Waals surface area (Å²) in [6.45, 7) is 7.67. The number of amides is 1. The van der Waals surface area contributed by atoms with E-state index in [0.717, 1.165) is 50.7 Å². The molecule has 0 N–H and O–H groups in total. The molecule has 154 valence electrons. The van der Waals surface area contributed by atoms with Gasteiger partial charge in [0.1, 0.15) is 12.4 Å². The lowest BCUT2D eigenvalue weighted by molar-refractivity contribution is -0.129. The molecule has 0 saturated carbocycles. The lowest BCUT2D eigenvalue weighted by Gasteiger charge is -2.37. The molecule has 2 fully saturated rings. The lowest BCUT2D eigenvalue weighted by atomic mass is 10.1. The van der Waals surface area contributed by atoms with Gasteiger partial charge in [0.15, 0.2) is 0 Å². The quantitative estimate of drug-likeness (QED) is 0.771. The number of anilines is 2. The zero-order valence-corrected chi connectivity index (χ0v) is 17.3. The van der Waals surface area contributed by atoms with Gasteiger partial charge in [-0.15, -0.1) is 0 Å². The Balaban J connectivity index is 1.55. The van der Waals surface area contributed by atoms with Gasteiger partial charge >= 0.3 is 0 Å². The van der Waals surface area contributed by atoms with Crippen molar-refractivity contribution in [3.8, 4) is 5.75 Å². The highest BCUT2D eigenvalue weighted by atomic mass is 16.5. The molecular weight excluding hydrogens is 362 g/mol. The highest BCUT2D eigenvalue weighted by Gasteiger charge is 2.22. The van der Waals surface area contributed by atoms with E-state index in [2.05, 4.69) is 40.1 Å². The fourth-order valence-corrected chi connectivity index (χ4v) is 4.22. The molecule has 0 radical (unpaired) electrons. The molecule has 5 nitrogen and oxygen atoms in total. The minimum absolute atomic E-state index is 0.160.